The van der Waals surface area contributed by atoms with Gasteiger partial charge in [0.1, 0.15) is 0 Å². The molecule has 20 heavy (non-hydrogen) atoms. The molecule has 2 rings (SSSR count). The average molecular weight is 294 g/mol. The van der Waals surface area contributed by atoms with Gasteiger partial charge >= 0.3 is 5.97 Å². The van der Waals surface area contributed by atoms with Crippen molar-refractivity contribution in [2.24, 2.45) is 0 Å². The summed E-state index contributed by atoms with van der Waals surface area (Å²) in [5, 5.41) is 12.2. The number of aliphatic carboxylic acids is 1. The Balaban J connectivity index is 1.64. The zero-order valence-corrected chi connectivity index (χ0v) is 12.5. The molecule has 1 aliphatic heterocycles. The first-order chi connectivity index (χ1) is 9.74. The number of hydrogen-bond acceptors (Lipinski definition) is 4. The first-order valence-corrected chi connectivity index (χ1v) is 8.20. The lowest BCUT2D eigenvalue weighted by molar-refractivity contribution is -0.136. The molecule has 1 aliphatic rings. The van der Waals surface area contributed by atoms with E-state index >= 15 is 0 Å². The zero-order chi connectivity index (χ0) is 14.2. The van der Waals surface area contributed by atoms with Crippen molar-refractivity contribution in [3.8, 4) is 0 Å². The van der Waals surface area contributed by atoms with Crippen molar-refractivity contribution < 1.29 is 9.90 Å². The standard InChI is InChI=1S/C15H22N2O2S/c18-15(19)11-13-1-3-14(4-2-13)12-16-5-6-17-7-9-20-10-8-17/h1-4,16H,5-12H2,(H,18,19). The van der Waals surface area contributed by atoms with Gasteiger partial charge in [-0.25, -0.2) is 0 Å². The van der Waals surface area contributed by atoms with Crippen LogP contribution in [0.2, 0.25) is 0 Å². The fraction of sp³-hybridized carbons (Fsp3) is 0.533. The number of carboxylic acids is 1. The van der Waals surface area contributed by atoms with E-state index in [1.165, 1.54) is 30.2 Å². The summed E-state index contributed by atoms with van der Waals surface area (Å²) in [6.07, 6.45) is 0.0979. The van der Waals surface area contributed by atoms with Gasteiger partial charge < -0.3 is 15.3 Å². The van der Waals surface area contributed by atoms with Crippen LogP contribution < -0.4 is 5.32 Å². The summed E-state index contributed by atoms with van der Waals surface area (Å²) in [4.78, 5) is 13.1. The molecule has 0 aromatic heterocycles. The number of thioether (sulfide) groups is 1. The van der Waals surface area contributed by atoms with E-state index in [4.69, 9.17) is 5.11 Å². The second-order valence-corrected chi connectivity index (χ2v) is 6.24. The first kappa shape index (κ1) is 15.4. The molecule has 1 aromatic carbocycles. The quantitative estimate of drug-likeness (QED) is 0.746. The number of hydrogen-bond donors (Lipinski definition) is 2. The number of rotatable bonds is 7. The van der Waals surface area contributed by atoms with Crippen LogP contribution in [0.4, 0.5) is 0 Å². The highest BCUT2D eigenvalue weighted by Crippen LogP contribution is 2.08. The SMILES string of the molecule is O=C(O)Cc1ccc(CNCCN2CCSCC2)cc1. The predicted octanol–water partition coefficient (Wildman–Crippen LogP) is 1.45. The van der Waals surface area contributed by atoms with Gasteiger partial charge in [0.2, 0.25) is 0 Å². The maximum absolute atomic E-state index is 10.6. The average Bonchev–Trinajstić information content (AvgIpc) is 2.46. The Morgan fingerprint density at radius 1 is 1.20 bits per heavy atom. The van der Waals surface area contributed by atoms with E-state index in [0.717, 1.165) is 25.2 Å². The van der Waals surface area contributed by atoms with Gasteiger partial charge in [-0.3, -0.25) is 4.79 Å². The van der Waals surface area contributed by atoms with Gasteiger partial charge in [0, 0.05) is 44.2 Å². The lowest BCUT2D eigenvalue weighted by Gasteiger charge is -2.26. The van der Waals surface area contributed by atoms with Gasteiger partial charge in [0.05, 0.1) is 6.42 Å². The summed E-state index contributed by atoms with van der Waals surface area (Å²) in [7, 11) is 0. The van der Waals surface area contributed by atoms with Crippen LogP contribution >= 0.6 is 11.8 Å². The molecule has 0 saturated carbocycles. The van der Waals surface area contributed by atoms with Crippen LogP contribution in [0.3, 0.4) is 0 Å². The van der Waals surface area contributed by atoms with E-state index in [-0.39, 0.29) is 6.42 Å². The van der Waals surface area contributed by atoms with Gasteiger partial charge in [0.25, 0.3) is 0 Å². The van der Waals surface area contributed by atoms with Crippen molar-refractivity contribution in [2.75, 3.05) is 37.7 Å². The molecule has 0 spiro atoms. The third-order valence-corrected chi connectivity index (χ3v) is 4.36. The summed E-state index contributed by atoms with van der Waals surface area (Å²) in [5.41, 5.74) is 2.06. The van der Waals surface area contributed by atoms with Crippen molar-refractivity contribution in [1.82, 2.24) is 10.2 Å². The Hall–Kier alpha value is -1.04. The molecule has 0 radical (unpaired) electrons. The number of carbonyl (C=O) groups is 1. The monoisotopic (exact) mass is 294 g/mol. The van der Waals surface area contributed by atoms with Crippen molar-refractivity contribution >= 4 is 17.7 Å². The molecule has 2 N–H and O–H groups in total. The molecule has 0 atom stereocenters. The number of nitrogens with zero attached hydrogens (tertiary/aromatic N) is 1. The largest absolute Gasteiger partial charge is 0.481 e. The molecule has 5 heteroatoms. The Morgan fingerprint density at radius 2 is 1.85 bits per heavy atom. The van der Waals surface area contributed by atoms with E-state index < -0.39 is 5.97 Å². The zero-order valence-electron chi connectivity index (χ0n) is 11.7. The Bertz CT molecular complexity index is 416. The Kier molecular flexibility index (Phi) is 6.36. The molecule has 1 aromatic rings. The normalized spacial score (nSPS) is 16.2. The van der Waals surface area contributed by atoms with E-state index in [9.17, 15) is 4.79 Å². The van der Waals surface area contributed by atoms with E-state index in [1.807, 2.05) is 36.0 Å². The molecule has 1 saturated heterocycles. The minimum Gasteiger partial charge on any atom is -0.481 e. The third-order valence-electron chi connectivity index (χ3n) is 3.42. The molecule has 0 unspecified atom stereocenters. The Morgan fingerprint density at radius 3 is 2.50 bits per heavy atom. The summed E-state index contributed by atoms with van der Waals surface area (Å²) in [6, 6.07) is 7.80. The molecule has 0 amide bonds. The maximum Gasteiger partial charge on any atom is 0.307 e. The minimum atomic E-state index is -0.782. The van der Waals surface area contributed by atoms with Gasteiger partial charge in [-0.05, 0) is 11.1 Å². The van der Waals surface area contributed by atoms with E-state index in [1.54, 1.807) is 0 Å². The molecule has 0 aliphatic carbocycles. The smallest absolute Gasteiger partial charge is 0.307 e. The van der Waals surface area contributed by atoms with Crippen LogP contribution in [0.1, 0.15) is 11.1 Å². The molecule has 1 heterocycles. The topological polar surface area (TPSA) is 52.6 Å². The third kappa shape index (κ3) is 5.53. The van der Waals surface area contributed by atoms with Crippen LogP contribution in [-0.4, -0.2) is 53.7 Å². The highest BCUT2D eigenvalue weighted by molar-refractivity contribution is 7.99. The first-order valence-electron chi connectivity index (χ1n) is 7.04. The molecule has 1 fully saturated rings. The van der Waals surface area contributed by atoms with Gasteiger partial charge in [0.15, 0.2) is 0 Å². The van der Waals surface area contributed by atoms with Crippen molar-refractivity contribution in [2.45, 2.75) is 13.0 Å². The van der Waals surface area contributed by atoms with Gasteiger partial charge in [-0.15, -0.1) is 0 Å². The van der Waals surface area contributed by atoms with E-state index in [2.05, 4.69) is 10.2 Å². The highest BCUT2D eigenvalue weighted by atomic mass is 32.2. The second-order valence-electron chi connectivity index (χ2n) is 5.02. The Labute approximate surface area is 124 Å². The molecule has 110 valence electrons. The summed E-state index contributed by atoms with van der Waals surface area (Å²) >= 11 is 2.04. The molecule has 0 bridgehead atoms. The van der Waals surface area contributed by atoms with Crippen LogP contribution in [-0.2, 0) is 17.8 Å². The van der Waals surface area contributed by atoms with Gasteiger partial charge in [-0.1, -0.05) is 24.3 Å². The van der Waals surface area contributed by atoms with Crippen LogP contribution in [0.5, 0.6) is 0 Å². The van der Waals surface area contributed by atoms with Crippen molar-refractivity contribution in [3.63, 3.8) is 0 Å². The maximum atomic E-state index is 10.6. The number of nitrogens with one attached hydrogen (secondary N) is 1. The number of carboxylic acid groups (broad SMARTS) is 1. The van der Waals surface area contributed by atoms with Gasteiger partial charge in [-0.2, -0.15) is 11.8 Å². The van der Waals surface area contributed by atoms with Crippen LogP contribution in [0.15, 0.2) is 24.3 Å². The second kappa shape index (κ2) is 8.29. The van der Waals surface area contributed by atoms with Crippen LogP contribution in [0, 0.1) is 0 Å². The number of benzene rings is 1. The summed E-state index contributed by atoms with van der Waals surface area (Å²) < 4.78 is 0. The summed E-state index contributed by atoms with van der Waals surface area (Å²) in [6.45, 7) is 5.36. The highest BCUT2D eigenvalue weighted by Gasteiger charge is 2.08. The van der Waals surface area contributed by atoms with E-state index in [0.29, 0.717) is 0 Å². The molecule has 4 nitrogen and oxygen atoms in total. The fourth-order valence-electron chi connectivity index (χ4n) is 2.24. The molecular weight excluding hydrogens is 272 g/mol. The summed E-state index contributed by atoms with van der Waals surface area (Å²) in [5.74, 6) is 1.73. The van der Waals surface area contributed by atoms with Crippen molar-refractivity contribution in [1.29, 1.82) is 0 Å². The van der Waals surface area contributed by atoms with Crippen molar-refractivity contribution in [3.05, 3.63) is 35.4 Å². The molecular formula is C15H22N2O2S. The fourth-order valence-corrected chi connectivity index (χ4v) is 3.22. The van der Waals surface area contributed by atoms with Crippen LogP contribution in [0.25, 0.3) is 0 Å². The predicted molar refractivity (Wildman–Crippen MR) is 83.3 cm³/mol. The lowest BCUT2D eigenvalue weighted by Crippen LogP contribution is -2.37. The lowest BCUT2D eigenvalue weighted by atomic mass is 10.1. The minimum absolute atomic E-state index is 0.0979.